The Kier molecular flexibility index (Phi) is 5.17. The van der Waals surface area contributed by atoms with Gasteiger partial charge in [0.15, 0.2) is 0 Å². The number of hydrogen-bond acceptors (Lipinski definition) is 2. The molecule has 0 aliphatic heterocycles. The molecule has 0 atom stereocenters. The van der Waals surface area contributed by atoms with Gasteiger partial charge >= 0.3 is 0 Å². The highest BCUT2D eigenvalue weighted by Crippen LogP contribution is 2.18. The fraction of sp³-hybridized carbons (Fsp3) is 0.529. The summed E-state index contributed by atoms with van der Waals surface area (Å²) < 4.78 is 2.13. The Hall–Kier alpha value is -1.82. The quantitative estimate of drug-likeness (QED) is 0.701. The third-order valence-corrected chi connectivity index (χ3v) is 3.86. The number of benzene rings is 1. The van der Waals surface area contributed by atoms with Crippen molar-refractivity contribution in [3.05, 3.63) is 29.6 Å². The van der Waals surface area contributed by atoms with E-state index in [-0.39, 0.29) is 0 Å². The zero-order chi connectivity index (χ0) is 14.4. The SMILES string of the molecule is CCCCCCCCc1nc2ccc(C#N)cc2n1C. The van der Waals surface area contributed by atoms with E-state index in [2.05, 4.69) is 22.5 Å². The van der Waals surface area contributed by atoms with E-state index in [4.69, 9.17) is 5.26 Å². The number of rotatable bonds is 7. The van der Waals surface area contributed by atoms with Gasteiger partial charge in [0.1, 0.15) is 5.82 Å². The Morgan fingerprint density at radius 2 is 1.90 bits per heavy atom. The summed E-state index contributed by atoms with van der Waals surface area (Å²) in [7, 11) is 2.04. The topological polar surface area (TPSA) is 41.6 Å². The van der Waals surface area contributed by atoms with Crippen LogP contribution in [0.4, 0.5) is 0 Å². The summed E-state index contributed by atoms with van der Waals surface area (Å²) in [5.41, 5.74) is 2.75. The van der Waals surface area contributed by atoms with Crippen LogP contribution in [-0.4, -0.2) is 9.55 Å². The first-order chi connectivity index (χ1) is 9.76. The monoisotopic (exact) mass is 269 g/mol. The lowest BCUT2D eigenvalue weighted by Crippen LogP contribution is -1.98. The smallest absolute Gasteiger partial charge is 0.109 e. The lowest BCUT2D eigenvalue weighted by molar-refractivity contribution is 0.596. The number of imidazole rings is 1. The molecule has 0 fully saturated rings. The molecule has 0 amide bonds. The Bertz CT molecular complexity index is 604. The van der Waals surface area contributed by atoms with Crippen LogP contribution in [0, 0.1) is 11.3 Å². The van der Waals surface area contributed by atoms with Gasteiger partial charge in [0.2, 0.25) is 0 Å². The third-order valence-electron chi connectivity index (χ3n) is 3.86. The van der Waals surface area contributed by atoms with E-state index in [1.54, 1.807) is 0 Å². The van der Waals surface area contributed by atoms with Crippen LogP contribution < -0.4 is 0 Å². The number of unbranched alkanes of at least 4 members (excludes halogenated alkanes) is 5. The molecule has 3 nitrogen and oxygen atoms in total. The molecule has 3 heteroatoms. The molecular weight excluding hydrogens is 246 g/mol. The van der Waals surface area contributed by atoms with Crippen molar-refractivity contribution in [1.82, 2.24) is 9.55 Å². The molecule has 20 heavy (non-hydrogen) atoms. The standard InChI is InChI=1S/C17H23N3/c1-3-4-5-6-7-8-9-17-19-15-11-10-14(13-18)12-16(15)20(17)2/h10-12H,3-9H2,1-2H3. The number of nitrogens with zero attached hydrogens (tertiary/aromatic N) is 3. The van der Waals surface area contributed by atoms with Crippen molar-refractivity contribution in [2.45, 2.75) is 51.9 Å². The van der Waals surface area contributed by atoms with Crippen molar-refractivity contribution >= 4 is 11.0 Å². The van der Waals surface area contributed by atoms with Crippen molar-refractivity contribution < 1.29 is 0 Å². The van der Waals surface area contributed by atoms with Crippen LogP contribution >= 0.6 is 0 Å². The summed E-state index contributed by atoms with van der Waals surface area (Å²) in [6.07, 6.45) is 8.84. The molecule has 0 saturated carbocycles. The van der Waals surface area contributed by atoms with Crippen LogP contribution in [0.3, 0.4) is 0 Å². The lowest BCUT2D eigenvalue weighted by atomic mass is 10.1. The molecule has 0 unspecified atom stereocenters. The first-order valence-electron chi connectivity index (χ1n) is 7.61. The minimum Gasteiger partial charge on any atom is -0.331 e. The lowest BCUT2D eigenvalue weighted by Gasteiger charge is -2.03. The molecular formula is C17H23N3. The maximum absolute atomic E-state index is 8.96. The van der Waals surface area contributed by atoms with E-state index in [0.29, 0.717) is 5.56 Å². The van der Waals surface area contributed by atoms with Crippen LogP contribution in [-0.2, 0) is 13.5 Å². The second-order valence-corrected chi connectivity index (χ2v) is 5.42. The van der Waals surface area contributed by atoms with Crippen LogP contribution in [0.5, 0.6) is 0 Å². The predicted molar refractivity (Wildman–Crippen MR) is 82.5 cm³/mol. The Morgan fingerprint density at radius 3 is 2.65 bits per heavy atom. The average Bonchev–Trinajstić information content (AvgIpc) is 2.79. The maximum atomic E-state index is 8.96. The number of fused-ring (bicyclic) bond motifs is 1. The van der Waals surface area contributed by atoms with Gasteiger partial charge in [-0.15, -0.1) is 0 Å². The van der Waals surface area contributed by atoms with E-state index in [0.717, 1.165) is 23.3 Å². The zero-order valence-electron chi connectivity index (χ0n) is 12.5. The first-order valence-corrected chi connectivity index (χ1v) is 7.61. The summed E-state index contributed by atoms with van der Waals surface area (Å²) in [6, 6.07) is 7.89. The summed E-state index contributed by atoms with van der Waals surface area (Å²) in [6.45, 7) is 2.24. The second kappa shape index (κ2) is 7.09. The van der Waals surface area contributed by atoms with Crippen molar-refractivity contribution in [2.24, 2.45) is 7.05 Å². The number of hydrogen-bond donors (Lipinski definition) is 0. The van der Waals surface area contributed by atoms with Gasteiger partial charge in [0, 0.05) is 13.5 Å². The molecule has 106 valence electrons. The Balaban J connectivity index is 1.97. The van der Waals surface area contributed by atoms with Gasteiger partial charge in [-0.3, -0.25) is 0 Å². The fourth-order valence-electron chi connectivity index (χ4n) is 2.60. The van der Waals surface area contributed by atoms with Gasteiger partial charge in [-0.25, -0.2) is 4.98 Å². The van der Waals surface area contributed by atoms with E-state index < -0.39 is 0 Å². The minimum absolute atomic E-state index is 0.701. The van der Waals surface area contributed by atoms with Gasteiger partial charge in [0.05, 0.1) is 22.7 Å². The van der Waals surface area contributed by atoms with Crippen LogP contribution in [0.15, 0.2) is 18.2 Å². The molecule has 0 aliphatic carbocycles. The largest absolute Gasteiger partial charge is 0.331 e. The average molecular weight is 269 g/mol. The zero-order valence-corrected chi connectivity index (χ0v) is 12.5. The van der Waals surface area contributed by atoms with Crippen LogP contribution in [0.1, 0.15) is 56.8 Å². The number of nitriles is 1. The number of aromatic nitrogens is 2. The predicted octanol–water partition coefficient (Wildman–Crippen LogP) is 4.35. The molecule has 0 aliphatic rings. The molecule has 0 bridgehead atoms. The summed E-state index contributed by atoms with van der Waals surface area (Å²) in [4.78, 5) is 4.68. The van der Waals surface area contributed by atoms with Gasteiger partial charge < -0.3 is 4.57 Å². The van der Waals surface area contributed by atoms with Gasteiger partial charge in [-0.1, -0.05) is 39.0 Å². The molecule has 1 aromatic carbocycles. The molecule has 2 aromatic rings. The summed E-state index contributed by atoms with van der Waals surface area (Å²) >= 11 is 0. The highest BCUT2D eigenvalue weighted by Gasteiger charge is 2.08. The maximum Gasteiger partial charge on any atom is 0.109 e. The van der Waals surface area contributed by atoms with E-state index in [9.17, 15) is 0 Å². The van der Waals surface area contributed by atoms with Gasteiger partial charge in [-0.2, -0.15) is 5.26 Å². The van der Waals surface area contributed by atoms with Gasteiger partial charge in [0.25, 0.3) is 0 Å². The molecule has 1 heterocycles. The second-order valence-electron chi connectivity index (χ2n) is 5.42. The normalized spacial score (nSPS) is 10.8. The Morgan fingerprint density at radius 1 is 1.15 bits per heavy atom. The van der Waals surface area contributed by atoms with Gasteiger partial charge in [-0.05, 0) is 24.6 Å². The van der Waals surface area contributed by atoms with Crippen molar-refractivity contribution in [1.29, 1.82) is 5.26 Å². The Labute approximate surface area is 121 Å². The molecule has 1 aromatic heterocycles. The molecule has 0 N–H and O–H groups in total. The van der Waals surface area contributed by atoms with Crippen LogP contribution in [0.25, 0.3) is 11.0 Å². The molecule has 0 radical (unpaired) electrons. The third kappa shape index (κ3) is 3.39. The molecule has 0 spiro atoms. The minimum atomic E-state index is 0.701. The van der Waals surface area contributed by atoms with E-state index >= 15 is 0 Å². The van der Waals surface area contributed by atoms with Crippen molar-refractivity contribution in [3.63, 3.8) is 0 Å². The van der Waals surface area contributed by atoms with E-state index in [1.165, 1.54) is 38.5 Å². The summed E-state index contributed by atoms with van der Waals surface area (Å²) in [5.74, 6) is 1.13. The highest BCUT2D eigenvalue weighted by atomic mass is 15.1. The number of aryl methyl sites for hydroxylation is 2. The van der Waals surface area contributed by atoms with Crippen molar-refractivity contribution in [2.75, 3.05) is 0 Å². The van der Waals surface area contributed by atoms with Crippen LogP contribution in [0.2, 0.25) is 0 Å². The fourth-order valence-corrected chi connectivity index (χ4v) is 2.60. The molecule has 2 rings (SSSR count). The van der Waals surface area contributed by atoms with Crippen molar-refractivity contribution in [3.8, 4) is 6.07 Å². The molecule has 0 saturated heterocycles. The summed E-state index contributed by atoms with van der Waals surface area (Å²) in [5, 5.41) is 8.96. The highest BCUT2D eigenvalue weighted by molar-refractivity contribution is 5.77. The first kappa shape index (κ1) is 14.6. The van der Waals surface area contributed by atoms with E-state index in [1.807, 2.05) is 25.2 Å².